The Kier molecular flexibility index (Phi) is 7.00. The van der Waals surface area contributed by atoms with Crippen LogP contribution in [0.15, 0.2) is 52.9 Å². The molecule has 0 unspecified atom stereocenters. The van der Waals surface area contributed by atoms with Gasteiger partial charge in [-0.2, -0.15) is 5.10 Å². The highest BCUT2D eigenvalue weighted by Gasteiger charge is 2.34. The number of nitrogens with zero attached hydrogens (tertiary/aromatic N) is 4. The van der Waals surface area contributed by atoms with Crippen molar-refractivity contribution in [2.75, 3.05) is 0 Å². The summed E-state index contributed by atoms with van der Waals surface area (Å²) < 4.78 is 20.1. The highest BCUT2D eigenvalue weighted by molar-refractivity contribution is 6.06. The van der Waals surface area contributed by atoms with Gasteiger partial charge in [0.05, 0.1) is 18.6 Å². The molecule has 4 aromatic rings. The third-order valence-corrected chi connectivity index (χ3v) is 5.61. The summed E-state index contributed by atoms with van der Waals surface area (Å²) in [6.07, 6.45) is 0. The van der Waals surface area contributed by atoms with Crippen molar-refractivity contribution in [2.45, 2.75) is 39.9 Å². The van der Waals surface area contributed by atoms with Gasteiger partial charge >= 0.3 is 11.8 Å². The zero-order valence-corrected chi connectivity index (χ0v) is 20.5. The van der Waals surface area contributed by atoms with Crippen LogP contribution in [0.1, 0.15) is 53.4 Å². The molecule has 2 aromatic carbocycles. The van der Waals surface area contributed by atoms with Crippen LogP contribution in [0.4, 0.5) is 4.39 Å². The van der Waals surface area contributed by atoms with Gasteiger partial charge < -0.3 is 20.8 Å². The molecule has 12 heteroatoms. The normalized spacial score (nSPS) is 12.3. The van der Waals surface area contributed by atoms with E-state index in [2.05, 4.69) is 25.9 Å². The van der Waals surface area contributed by atoms with Gasteiger partial charge in [-0.25, -0.2) is 4.39 Å². The number of nitrogens with two attached hydrogens (primary N) is 1. The average molecular weight is 508 g/mol. The molecule has 0 aliphatic heterocycles. The zero-order valence-electron chi connectivity index (χ0n) is 20.5. The van der Waals surface area contributed by atoms with Crippen molar-refractivity contribution in [1.29, 1.82) is 0 Å². The lowest BCUT2D eigenvalue weighted by Gasteiger charge is -2.30. The van der Waals surface area contributed by atoms with Gasteiger partial charge in [0.1, 0.15) is 11.9 Å². The SMILES string of the molecule is CC(C)(C)[C@H](NC(=O)c1nn(Cc2ccc(F)cc2)c2ccccc12)C(=O)NCc1nnc(C(N)=O)o1. The molecule has 3 amide bonds. The van der Waals surface area contributed by atoms with Crippen molar-refractivity contribution in [2.24, 2.45) is 11.1 Å². The molecule has 2 aromatic heterocycles. The van der Waals surface area contributed by atoms with E-state index in [4.69, 9.17) is 10.2 Å². The van der Waals surface area contributed by atoms with Gasteiger partial charge in [0.15, 0.2) is 5.69 Å². The second kappa shape index (κ2) is 10.2. The Hall–Kier alpha value is -4.61. The van der Waals surface area contributed by atoms with Crippen LogP contribution >= 0.6 is 0 Å². The first-order valence-corrected chi connectivity index (χ1v) is 11.4. The van der Waals surface area contributed by atoms with E-state index < -0.39 is 29.2 Å². The summed E-state index contributed by atoms with van der Waals surface area (Å²) in [5.74, 6) is -2.61. The van der Waals surface area contributed by atoms with Crippen molar-refractivity contribution in [1.82, 2.24) is 30.6 Å². The van der Waals surface area contributed by atoms with Crippen molar-refractivity contribution in [3.63, 3.8) is 0 Å². The van der Waals surface area contributed by atoms with E-state index in [1.807, 2.05) is 12.1 Å². The molecule has 192 valence electrons. The number of hydrogen-bond acceptors (Lipinski definition) is 7. The third kappa shape index (κ3) is 5.80. The lowest BCUT2D eigenvalue weighted by atomic mass is 9.86. The molecule has 0 saturated carbocycles. The number of primary amides is 1. The predicted octanol–water partition coefficient (Wildman–Crippen LogP) is 2.17. The molecule has 37 heavy (non-hydrogen) atoms. The Morgan fingerprint density at radius 1 is 1.08 bits per heavy atom. The fourth-order valence-electron chi connectivity index (χ4n) is 3.74. The number of carbonyl (C=O) groups excluding carboxylic acids is 3. The van der Waals surface area contributed by atoms with Gasteiger partial charge in [-0.1, -0.05) is 51.1 Å². The van der Waals surface area contributed by atoms with Crippen LogP contribution < -0.4 is 16.4 Å². The largest absolute Gasteiger partial charge is 0.415 e. The standard InChI is InChI=1S/C25H26FN7O4/c1-25(2,3)20(23(36)28-12-18-30-31-24(37-18)21(27)34)29-22(35)19-16-6-4-5-7-17(16)33(32-19)13-14-8-10-15(26)11-9-14/h4-11,20H,12-13H2,1-3H3,(H2,27,34)(H,28,36)(H,29,35)/t20-/m1/s1. The number of aromatic nitrogens is 4. The van der Waals surface area contributed by atoms with Crippen LogP contribution in [0.5, 0.6) is 0 Å². The van der Waals surface area contributed by atoms with Crippen molar-refractivity contribution in [3.8, 4) is 0 Å². The number of rotatable bonds is 8. The van der Waals surface area contributed by atoms with Gasteiger partial charge in [-0.05, 0) is 29.2 Å². The summed E-state index contributed by atoms with van der Waals surface area (Å²) in [6.45, 7) is 5.59. The number of halogens is 1. The maximum atomic E-state index is 13.4. The second-order valence-corrected chi connectivity index (χ2v) is 9.51. The van der Waals surface area contributed by atoms with Crippen LogP contribution in [-0.2, 0) is 17.9 Å². The zero-order chi connectivity index (χ0) is 26.7. The predicted molar refractivity (Wildman–Crippen MR) is 131 cm³/mol. The molecule has 11 nitrogen and oxygen atoms in total. The first kappa shape index (κ1) is 25.5. The monoisotopic (exact) mass is 507 g/mol. The maximum Gasteiger partial charge on any atom is 0.306 e. The van der Waals surface area contributed by atoms with E-state index in [9.17, 15) is 18.8 Å². The van der Waals surface area contributed by atoms with E-state index in [0.717, 1.165) is 11.1 Å². The molecule has 4 N–H and O–H groups in total. The average Bonchev–Trinajstić information content (AvgIpc) is 3.47. The third-order valence-electron chi connectivity index (χ3n) is 5.61. The quantitative estimate of drug-likeness (QED) is 0.330. The van der Waals surface area contributed by atoms with Crippen LogP contribution in [0.2, 0.25) is 0 Å². The van der Waals surface area contributed by atoms with Crippen molar-refractivity contribution in [3.05, 3.63) is 77.4 Å². The maximum absolute atomic E-state index is 13.4. The number of benzene rings is 2. The highest BCUT2D eigenvalue weighted by Crippen LogP contribution is 2.23. The summed E-state index contributed by atoms with van der Waals surface area (Å²) in [6, 6.07) is 12.3. The van der Waals surface area contributed by atoms with Crippen molar-refractivity contribution >= 4 is 28.6 Å². The number of para-hydroxylation sites is 1. The minimum Gasteiger partial charge on any atom is -0.415 e. The van der Waals surface area contributed by atoms with E-state index in [1.165, 1.54) is 12.1 Å². The molecule has 0 bridgehead atoms. The molecule has 1 atom stereocenters. The molecule has 0 radical (unpaired) electrons. The van der Waals surface area contributed by atoms with Crippen LogP contribution in [0.3, 0.4) is 0 Å². The summed E-state index contributed by atoms with van der Waals surface area (Å²) in [5.41, 5.74) is 6.12. The minimum absolute atomic E-state index is 0.00772. The summed E-state index contributed by atoms with van der Waals surface area (Å²) in [7, 11) is 0. The molecule has 0 saturated heterocycles. The van der Waals surface area contributed by atoms with Gasteiger partial charge in [-0.3, -0.25) is 19.1 Å². The number of nitrogens with one attached hydrogen (secondary N) is 2. The summed E-state index contributed by atoms with van der Waals surface area (Å²) >= 11 is 0. The van der Waals surface area contributed by atoms with Gasteiger partial charge in [0.2, 0.25) is 11.8 Å². The van der Waals surface area contributed by atoms with Gasteiger partial charge in [0, 0.05) is 5.39 Å². The van der Waals surface area contributed by atoms with Gasteiger partial charge in [0.25, 0.3) is 5.91 Å². The molecule has 0 fully saturated rings. The Labute approximate surface area is 211 Å². The smallest absolute Gasteiger partial charge is 0.306 e. The summed E-state index contributed by atoms with van der Waals surface area (Å²) in [5, 5.41) is 17.7. The summed E-state index contributed by atoms with van der Waals surface area (Å²) in [4.78, 5) is 37.5. The lowest BCUT2D eigenvalue weighted by molar-refractivity contribution is -0.125. The topological polar surface area (TPSA) is 158 Å². The molecule has 2 heterocycles. The van der Waals surface area contributed by atoms with Crippen LogP contribution in [0, 0.1) is 11.2 Å². The van der Waals surface area contributed by atoms with E-state index >= 15 is 0 Å². The van der Waals surface area contributed by atoms with E-state index in [0.29, 0.717) is 11.9 Å². The van der Waals surface area contributed by atoms with Gasteiger partial charge in [-0.15, -0.1) is 10.2 Å². The number of carbonyl (C=O) groups is 3. The Balaban J connectivity index is 1.54. The fourth-order valence-corrected chi connectivity index (χ4v) is 3.74. The van der Waals surface area contributed by atoms with Crippen molar-refractivity contribution < 1.29 is 23.2 Å². The van der Waals surface area contributed by atoms with E-state index in [1.54, 1.807) is 49.7 Å². The Morgan fingerprint density at radius 2 is 1.78 bits per heavy atom. The molecule has 0 aliphatic rings. The number of fused-ring (bicyclic) bond motifs is 1. The first-order valence-electron chi connectivity index (χ1n) is 11.4. The number of hydrogen-bond donors (Lipinski definition) is 3. The molecule has 4 rings (SSSR count). The lowest BCUT2D eigenvalue weighted by Crippen LogP contribution is -2.53. The first-order chi connectivity index (χ1) is 17.5. The van der Waals surface area contributed by atoms with Crippen LogP contribution in [0.25, 0.3) is 10.9 Å². The van der Waals surface area contributed by atoms with Crippen LogP contribution in [-0.4, -0.2) is 43.7 Å². The van der Waals surface area contributed by atoms with E-state index in [-0.39, 0.29) is 29.8 Å². The molecular formula is C25H26FN7O4. The number of amides is 3. The fraction of sp³-hybridized carbons (Fsp3) is 0.280. The molecule has 0 spiro atoms. The second-order valence-electron chi connectivity index (χ2n) is 9.51. The Bertz CT molecular complexity index is 1450. The highest BCUT2D eigenvalue weighted by atomic mass is 19.1. The molecule has 0 aliphatic carbocycles. The Morgan fingerprint density at radius 3 is 2.43 bits per heavy atom. The minimum atomic E-state index is -0.945. The molecular weight excluding hydrogens is 481 g/mol.